The second-order valence-electron chi connectivity index (χ2n) is 7.57. The van der Waals surface area contributed by atoms with E-state index >= 15 is 0 Å². The van der Waals surface area contributed by atoms with Gasteiger partial charge in [0.05, 0.1) is 11.2 Å². The van der Waals surface area contributed by atoms with Crippen molar-refractivity contribution < 1.29 is 27.6 Å². The summed E-state index contributed by atoms with van der Waals surface area (Å²) in [5, 5.41) is 0. The molecule has 0 spiro atoms. The van der Waals surface area contributed by atoms with Crippen LogP contribution in [0.25, 0.3) is 0 Å². The molecule has 0 saturated carbocycles. The van der Waals surface area contributed by atoms with E-state index in [2.05, 4.69) is 0 Å². The van der Waals surface area contributed by atoms with Gasteiger partial charge in [0.1, 0.15) is 11.6 Å². The minimum atomic E-state index is -0.828. The minimum Gasteiger partial charge on any atom is -0.455 e. The molecule has 7 heteroatoms. The summed E-state index contributed by atoms with van der Waals surface area (Å²) in [4.78, 5) is 11.8. The quantitative estimate of drug-likeness (QED) is 0.593. The number of hydrogen-bond donors (Lipinski definition) is 0. The molecule has 0 unspecified atom stereocenters. The van der Waals surface area contributed by atoms with Crippen molar-refractivity contribution in [2.75, 3.05) is 0 Å². The molecule has 1 aliphatic heterocycles. The molecule has 4 nitrogen and oxygen atoms in total. The van der Waals surface area contributed by atoms with Crippen LogP contribution in [-0.2, 0) is 9.31 Å². The van der Waals surface area contributed by atoms with Crippen LogP contribution in [-0.4, -0.2) is 24.1 Å². The average Bonchev–Trinajstić information content (AvgIpc) is 2.78. The largest absolute Gasteiger partial charge is 0.498 e. The van der Waals surface area contributed by atoms with Crippen molar-refractivity contribution in [3.63, 3.8) is 0 Å². The van der Waals surface area contributed by atoms with Crippen LogP contribution in [0.2, 0.25) is 0 Å². The van der Waals surface area contributed by atoms with E-state index in [4.69, 9.17) is 14.0 Å². The molecule has 2 aromatic rings. The number of benzene rings is 2. The number of halogens is 2. The first-order valence-electron chi connectivity index (χ1n) is 8.63. The second-order valence-corrected chi connectivity index (χ2v) is 7.57. The van der Waals surface area contributed by atoms with Crippen molar-refractivity contribution in [1.29, 1.82) is 0 Å². The van der Waals surface area contributed by atoms with Crippen molar-refractivity contribution in [3.8, 4) is 11.5 Å². The maximum Gasteiger partial charge on any atom is 0.498 e. The van der Waals surface area contributed by atoms with E-state index in [1.807, 2.05) is 27.7 Å². The van der Waals surface area contributed by atoms with Gasteiger partial charge in [-0.05, 0) is 65.0 Å². The fourth-order valence-electron chi connectivity index (χ4n) is 2.69. The van der Waals surface area contributed by atoms with Crippen molar-refractivity contribution >= 4 is 18.4 Å². The Morgan fingerprint density at radius 2 is 1.56 bits per heavy atom. The first-order valence-corrected chi connectivity index (χ1v) is 8.63. The van der Waals surface area contributed by atoms with Gasteiger partial charge in [0, 0.05) is 17.1 Å². The molecule has 0 amide bonds. The minimum absolute atomic E-state index is 0.132. The molecular weight excluding hydrogens is 353 g/mol. The predicted octanol–water partition coefficient (Wildman–Crippen LogP) is 4.26. The molecule has 0 aliphatic carbocycles. The smallest absolute Gasteiger partial charge is 0.455 e. The highest BCUT2D eigenvalue weighted by Crippen LogP contribution is 2.37. The highest BCUT2D eigenvalue weighted by atomic mass is 19.1. The molecule has 0 radical (unpaired) electrons. The van der Waals surface area contributed by atoms with Crippen molar-refractivity contribution in [2.24, 2.45) is 0 Å². The van der Waals surface area contributed by atoms with Gasteiger partial charge in [0.2, 0.25) is 0 Å². The lowest BCUT2D eigenvalue weighted by Crippen LogP contribution is -2.41. The van der Waals surface area contributed by atoms with Crippen LogP contribution < -0.4 is 10.2 Å². The van der Waals surface area contributed by atoms with Gasteiger partial charge in [-0.15, -0.1) is 0 Å². The summed E-state index contributed by atoms with van der Waals surface area (Å²) < 4.78 is 44.9. The number of carbonyl (C=O) groups is 1. The lowest BCUT2D eigenvalue weighted by atomic mass is 9.77. The Morgan fingerprint density at radius 3 is 2.11 bits per heavy atom. The first kappa shape index (κ1) is 19.5. The van der Waals surface area contributed by atoms with Gasteiger partial charge >= 0.3 is 7.12 Å². The molecular formula is C20H21BF2O4. The fourth-order valence-corrected chi connectivity index (χ4v) is 2.69. The molecule has 2 aromatic carbocycles. The van der Waals surface area contributed by atoms with E-state index < -0.39 is 30.0 Å². The maximum atomic E-state index is 14.0. The third-order valence-electron chi connectivity index (χ3n) is 5.04. The zero-order valence-electron chi connectivity index (χ0n) is 15.9. The predicted molar refractivity (Wildman–Crippen MR) is 98.6 cm³/mol. The number of carbonyl (C=O) groups excluding carboxylic acids is 1. The molecule has 3 rings (SSSR count). The molecule has 0 atom stereocenters. The van der Waals surface area contributed by atoms with Gasteiger partial charge in [0.15, 0.2) is 17.3 Å². The molecule has 0 aromatic heterocycles. The molecule has 1 heterocycles. The average molecular weight is 374 g/mol. The lowest BCUT2D eigenvalue weighted by Gasteiger charge is -2.32. The maximum absolute atomic E-state index is 14.0. The third kappa shape index (κ3) is 3.75. The third-order valence-corrected chi connectivity index (χ3v) is 5.04. The second kappa shape index (κ2) is 6.73. The summed E-state index contributed by atoms with van der Waals surface area (Å²) in [6.07, 6.45) is 0. The summed E-state index contributed by atoms with van der Waals surface area (Å²) in [6.45, 7) is 9.07. The van der Waals surface area contributed by atoms with Gasteiger partial charge in [-0.2, -0.15) is 0 Å². The number of hydrogen-bond acceptors (Lipinski definition) is 4. The zero-order chi connectivity index (χ0) is 20.0. The van der Waals surface area contributed by atoms with Crippen LogP contribution in [0, 0.1) is 11.6 Å². The van der Waals surface area contributed by atoms with Gasteiger partial charge < -0.3 is 14.0 Å². The number of rotatable bonds is 4. The number of ether oxygens (including phenoxy) is 1. The van der Waals surface area contributed by atoms with Crippen LogP contribution in [0.3, 0.4) is 0 Å². The topological polar surface area (TPSA) is 44.8 Å². The van der Waals surface area contributed by atoms with Gasteiger partial charge in [0.25, 0.3) is 0 Å². The standard InChI is InChI=1S/C20H21BF2O4/c1-12(24)13-6-8-17(25-18-9-7-14(22)11-16(18)23)15(10-13)21-26-19(2,3)20(4,5)27-21/h6-11H,1-5H3. The van der Waals surface area contributed by atoms with E-state index in [0.717, 1.165) is 12.1 Å². The Hall–Kier alpha value is -2.25. The van der Waals surface area contributed by atoms with Crippen LogP contribution in [0.15, 0.2) is 36.4 Å². The SMILES string of the molecule is CC(=O)c1ccc(Oc2ccc(F)cc2F)c(B2OC(C)(C)C(C)(C)O2)c1. The van der Waals surface area contributed by atoms with E-state index in [-0.39, 0.29) is 17.3 Å². The Morgan fingerprint density at radius 1 is 0.963 bits per heavy atom. The van der Waals surface area contributed by atoms with Gasteiger partial charge in [-0.25, -0.2) is 8.78 Å². The number of ketones is 1. The summed E-state index contributed by atoms with van der Waals surface area (Å²) in [5.41, 5.74) is -0.276. The van der Waals surface area contributed by atoms with Crippen molar-refractivity contribution in [3.05, 3.63) is 53.6 Å². The Kier molecular flexibility index (Phi) is 4.86. The summed E-state index contributed by atoms with van der Waals surface area (Å²) in [5.74, 6) is -1.52. The van der Waals surface area contributed by atoms with Crippen LogP contribution in [0.1, 0.15) is 45.0 Å². The zero-order valence-corrected chi connectivity index (χ0v) is 15.9. The highest BCUT2D eigenvalue weighted by Gasteiger charge is 2.52. The summed E-state index contributed by atoms with van der Waals surface area (Å²) in [6, 6.07) is 7.80. The fraction of sp³-hybridized carbons (Fsp3) is 0.350. The van der Waals surface area contributed by atoms with Gasteiger partial charge in [-0.3, -0.25) is 4.79 Å². The Labute approximate surface area is 157 Å². The Balaban J connectivity index is 2.03. The van der Waals surface area contributed by atoms with E-state index in [1.54, 1.807) is 18.2 Å². The molecule has 0 bridgehead atoms. The molecule has 0 N–H and O–H groups in total. The van der Waals surface area contributed by atoms with Gasteiger partial charge in [-0.1, -0.05) is 0 Å². The van der Waals surface area contributed by atoms with Crippen LogP contribution >= 0.6 is 0 Å². The lowest BCUT2D eigenvalue weighted by molar-refractivity contribution is 0.00578. The first-order chi connectivity index (χ1) is 12.5. The normalized spacial score (nSPS) is 17.8. The summed E-state index contributed by atoms with van der Waals surface area (Å²) in [7, 11) is -0.798. The highest BCUT2D eigenvalue weighted by molar-refractivity contribution is 6.63. The number of Topliss-reactive ketones (excluding diaryl/α,β-unsaturated/α-hetero) is 1. The summed E-state index contributed by atoms with van der Waals surface area (Å²) >= 11 is 0. The molecule has 1 saturated heterocycles. The molecule has 27 heavy (non-hydrogen) atoms. The van der Waals surface area contributed by atoms with E-state index in [1.165, 1.54) is 13.0 Å². The monoisotopic (exact) mass is 374 g/mol. The molecule has 1 aliphatic rings. The van der Waals surface area contributed by atoms with Crippen LogP contribution in [0.4, 0.5) is 8.78 Å². The van der Waals surface area contributed by atoms with Crippen molar-refractivity contribution in [1.82, 2.24) is 0 Å². The van der Waals surface area contributed by atoms with Crippen LogP contribution in [0.5, 0.6) is 11.5 Å². The molecule has 1 fully saturated rings. The molecule has 142 valence electrons. The van der Waals surface area contributed by atoms with E-state index in [9.17, 15) is 13.6 Å². The van der Waals surface area contributed by atoms with E-state index in [0.29, 0.717) is 11.0 Å². The van der Waals surface area contributed by atoms with Crippen molar-refractivity contribution in [2.45, 2.75) is 45.8 Å². The Bertz CT molecular complexity index is 880.